The number of nitrogens with two attached hydrogens (primary N) is 2. The van der Waals surface area contributed by atoms with Crippen molar-refractivity contribution in [2.45, 2.75) is 43.8 Å². The fourth-order valence-corrected chi connectivity index (χ4v) is 4.09. The molecule has 0 unspecified atom stereocenters. The SMILES string of the molecule is NC(=O)CC[C@H](NC(=O)[C@H](Cc1ccccc1)n1c(=O)[nH]c2ccccc2c1=O)C(=O)N[C@H](CC(N)=O)C(=O)O. The number of nitrogens with zero attached hydrogens (tertiary/aromatic N) is 1. The van der Waals surface area contributed by atoms with Gasteiger partial charge in [-0.2, -0.15) is 0 Å². The third-order valence-electron chi connectivity index (χ3n) is 6.06. The Hall–Kier alpha value is -5.27. The van der Waals surface area contributed by atoms with Gasteiger partial charge in [0.2, 0.25) is 23.6 Å². The maximum atomic E-state index is 13.6. The number of carboxylic acid groups (broad SMARTS) is 1. The summed E-state index contributed by atoms with van der Waals surface area (Å²) in [5.41, 5.74) is 9.50. The van der Waals surface area contributed by atoms with Crippen molar-refractivity contribution in [3.8, 4) is 0 Å². The van der Waals surface area contributed by atoms with Crippen molar-refractivity contribution in [1.29, 1.82) is 0 Å². The number of carboxylic acids is 1. The summed E-state index contributed by atoms with van der Waals surface area (Å²) in [5.74, 6) is -5.33. The average molecular weight is 553 g/mol. The smallest absolute Gasteiger partial charge is 0.329 e. The minimum absolute atomic E-state index is 0.127. The summed E-state index contributed by atoms with van der Waals surface area (Å²) in [5, 5.41) is 14.0. The van der Waals surface area contributed by atoms with Crippen LogP contribution in [0.15, 0.2) is 64.2 Å². The van der Waals surface area contributed by atoms with Gasteiger partial charge in [-0.3, -0.25) is 24.0 Å². The van der Waals surface area contributed by atoms with Gasteiger partial charge in [-0.25, -0.2) is 14.2 Å². The number of nitrogens with one attached hydrogen (secondary N) is 3. The molecule has 1 aromatic heterocycles. The zero-order valence-electron chi connectivity index (χ0n) is 21.2. The molecular weight excluding hydrogens is 524 g/mol. The summed E-state index contributed by atoms with van der Waals surface area (Å²) < 4.78 is 0.737. The van der Waals surface area contributed by atoms with Gasteiger partial charge in [0.05, 0.1) is 17.3 Å². The number of hydrogen-bond acceptors (Lipinski definition) is 7. The first-order valence-corrected chi connectivity index (χ1v) is 12.2. The molecule has 0 bridgehead atoms. The van der Waals surface area contributed by atoms with E-state index in [0.717, 1.165) is 4.57 Å². The van der Waals surface area contributed by atoms with Crippen molar-refractivity contribution in [3.63, 3.8) is 0 Å². The molecule has 4 amide bonds. The molecule has 0 aliphatic carbocycles. The number of fused-ring (bicyclic) bond motifs is 1. The minimum atomic E-state index is -1.70. The maximum Gasteiger partial charge on any atom is 0.329 e. The third-order valence-corrected chi connectivity index (χ3v) is 6.06. The first-order valence-electron chi connectivity index (χ1n) is 12.2. The van der Waals surface area contributed by atoms with E-state index in [9.17, 15) is 38.7 Å². The molecule has 0 saturated carbocycles. The van der Waals surface area contributed by atoms with Crippen molar-refractivity contribution in [2.75, 3.05) is 0 Å². The van der Waals surface area contributed by atoms with E-state index in [4.69, 9.17) is 11.5 Å². The average Bonchev–Trinajstić information content (AvgIpc) is 2.90. The number of para-hydroxylation sites is 1. The van der Waals surface area contributed by atoms with Crippen LogP contribution < -0.4 is 33.3 Å². The molecule has 0 saturated heterocycles. The lowest BCUT2D eigenvalue weighted by molar-refractivity contribution is -0.143. The van der Waals surface area contributed by atoms with Crippen LogP contribution in [0.5, 0.6) is 0 Å². The number of carbonyl (C=O) groups excluding carboxylic acids is 4. The van der Waals surface area contributed by atoms with Gasteiger partial charge in [0, 0.05) is 12.8 Å². The van der Waals surface area contributed by atoms with Crippen LogP contribution in [0.4, 0.5) is 0 Å². The fraction of sp³-hybridized carbons (Fsp3) is 0.269. The molecule has 3 atom stereocenters. The number of rotatable bonds is 13. The second-order valence-electron chi connectivity index (χ2n) is 8.99. The number of aromatic nitrogens is 2. The van der Waals surface area contributed by atoms with Crippen molar-refractivity contribution in [3.05, 3.63) is 81.0 Å². The highest BCUT2D eigenvalue weighted by molar-refractivity contribution is 5.93. The van der Waals surface area contributed by atoms with E-state index in [1.807, 2.05) is 0 Å². The molecule has 3 aromatic rings. The molecule has 210 valence electrons. The number of aromatic amines is 1. The molecule has 3 rings (SSSR count). The predicted octanol–water partition coefficient (Wildman–Crippen LogP) is -1.33. The number of H-pyrrole nitrogens is 1. The Morgan fingerprint density at radius 3 is 2.10 bits per heavy atom. The molecule has 0 spiro atoms. The number of primary amides is 2. The molecule has 40 heavy (non-hydrogen) atoms. The van der Waals surface area contributed by atoms with Gasteiger partial charge in [0.15, 0.2) is 0 Å². The molecule has 14 nitrogen and oxygen atoms in total. The largest absolute Gasteiger partial charge is 0.480 e. The normalized spacial score (nSPS) is 13.1. The van der Waals surface area contributed by atoms with Crippen LogP contribution in [-0.2, 0) is 30.4 Å². The highest BCUT2D eigenvalue weighted by Crippen LogP contribution is 2.15. The van der Waals surface area contributed by atoms with Crippen molar-refractivity contribution in [2.24, 2.45) is 11.5 Å². The molecular formula is C26H28N6O8. The van der Waals surface area contributed by atoms with Gasteiger partial charge in [0.25, 0.3) is 5.56 Å². The van der Waals surface area contributed by atoms with Gasteiger partial charge in [-0.15, -0.1) is 0 Å². The fourth-order valence-electron chi connectivity index (χ4n) is 4.09. The Morgan fingerprint density at radius 1 is 0.850 bits per heavy atom. The molecule has 2 aromatic carbocycles. The number of aliphatic carboxylic acids is 1. The molecule has 0 fully saturated rings. The van der Waals surface area contributed by atoms with E-state index in [2.05, 4.69) is 15.6 Å². The first-order chi connectivity index (χ1) is 19.0. The number of amides is 4. The second kappa shape index (κ2) is 13.0. The van der Waals surface area contributed by atoms with E-state index in [-0.39, 0.29) is 30.2 Å². The van der Waals surface area contributed by atoms with Gasteiger partial charge in [0.1, 0.15) is 18.1 Å². The van der Waals surface area contributed by atoms with E-state index in [1.165, 1.54) is 12.1 Å². The first kappa shape index (κ1) is 29.3. The highest BCUT2D eigenvalue weighted by atomic mass is 16.4. The number of hydrogen-bond donors (Lipinski definition) is 6. The summed E-state index contributed by atoms with van der Waals surface area (Å²) in [6.07, 6.45) is -1.56. The van der Waals surface area contributed by atoms with Gasteiger partial charge < -0.3 is 32.2 Å². The zero-order valence-corrected chi connectivity index (χ0v) is 21.2. The Morgan fingerprint density at radius 2 is 1.48 bits per heavy atom. The van der Waals surface area contributed by atoms with E-state index >= 15 is 0 Å². The van der Waals surface area contributed by atoms with Gasteiger partial charge in [-0.05, 0) is 24.1 Å². The van der Waals surface area contributed by atoms with E-state index in [1.54, 1.807) is 42.5 Å². The number of carbonyl (C=O) groups is 5. The van der Waals surface area contributed by atoms with Gasteiger partial charge >= 0.3 is 11.7 Å². The van der Waals surface area contributed by atoms with Crippen LogP contribution in [0.3, 0.4) is 0 Å². The van der Waals surface area contributed by atoms with Crippen LogP contribution in [0.25, 0.3) is 10.9 Å². The Balaban J connectivity index is 2.01. The molecule has 0 radical (unpaired) electrons. The van der Waals surface area contributed by atoms with Gasteiger partial charge in [-0.1, -0.05) is 42.5 Å². The topological polar surface area (TPSA) is 237 Å². The quantitative estimate of drug-likeness (QED) is 0.148. The van der Waals surface area contributed by atoms with E-state index < -0.39 is 65.4 Å². The van der Waals surface area contributed by atoms with Crippen molar-refractivity contribution >= 4 is 40.5 Å². The lowest BCUT2D eigenvalue weighted by Gasteiger charge is -2.24. The lowest BCUT2D eigenvalue weighted by atomic mass is 10.0. The predicted molar refractivity (Wildman–Crippen MR) is 142 cm³/mol. The van der Waals surface area contributed by atoms with Crippen LogP contribution in [0.2, 0.25) is 0 Å². The molecule has 8 N–H and O–H groups in total. The Labute approximate surface area is 226 Å². The monoisotopic (exact) mass is 552 g/mol. The Kier molecular flexibility index (Phi) is 9.52. The van der Waals surface area contributed by atoms with E-state index in [0.29, 0.717) is 5.56 Å². The molecule has 14 heteroatoms. The maximum absolute atomic E-state index is 13.6. The summed E-state index contributed by atoms with van der Waals surface area (Å²) >= 11 is 0. The Bertz CT molecular complexity index is 1550. The zero-order chi connectivity index (χ0) is 29.4. The van der Waals surface area contributed by atoms with Crippen LogP contribution >= 0.6 is 0 Å². The number of benzene rings is 2. The van der Waals surface area contributed by atoms with Crippen LogP contribution in [-0.4, -0.2) is 56.3 Å². The second-order valence-corrected chi connectivity index (χ2v) is 8.99. The highest BCUT2D eigenvalue weighted by Gasteiger charge is 2.32. The minimum Gasteiger partial charge on any atom is -0.480 e. The summed E-state index contributed by atoms with van der Waals surface area (Å²) in [6, 6.07) is 10.1. The van der Waals surface area contributed by atoms with Crippen LogP contribution in [0.1, 0.15) is 30.9 Å². The summed E-state index contributed by atoms with van der Waals surface area (Å²) in [4.78, 5) is 89.7. The summed E-state index contributed by atoms with van der Waals surface area (Å²) in [6.45, 7) is 0. The lowest BCUT2D eigenvalue weighted by Crippen LogP contribution is -2.55. The molecule has 1 heterocycles. The molecule has 0 aliphatic heterocycles. The van der Waals surface area contributed by atoms with Crippen LogP contribution in [0, 0.1) is 0 Å². The molecule has 0 aliphatic rings. The third kappa shape index (κ3) is 7.40. The van der Waals surface area contributed by atoms with Crippen molar-refractivity contribution < 1.29 is 29.1 Å². The standard InChI is InChI=1S/C26H28N6O8/c27-20(33)11-10-17(22(35)30-18(25(38)39)13-21(28)34)29-23(36)19(12-14-6-2-1-3-7-14)32-24(37)15-8-4-5-9-16(15)31-26(32)40/h1-9,17-19H,10-13H2,(H2,27,33)(H2,28,34)(H,29,36)(H,30,35)(H,31,40)(H,38,39)/t17-,18+,19-/m0/s1. The summed E-state index contributed by atoms with van der Waals surface area (Å²) in [7, 11) is 0. The van der Waals surface area contributed by atoms with Crippen molar-refractivity contribution in [1.82, 2.24) is 20.2 Å².